The maximum atomic E-state index is 3.73. The van der Waals surface area contributed by atoms with Crippen LogP contribution in [0.1, 0.15) is 25.0 Å². The molecule has 0 unspecified atom stereocenters. The fraction of sp³-hybridized carbons (Fsp3) is 0.0270. The molecule has 0 radical (unpaired) electrons. The monoisotopic (exact) mass is 1640 g/mol. The summed E-state index contributed by atoms with van der Waals surface area (Å²) < 4.78 is 20.7. The van der Waals surface area contributed by atoms with Gasteiger partial charge >= 0.3 is 0 Å². The number of nitrogens with zero attached hydrogens (tertiary/aromatic N) is 3. The van der Waals surface area contributed by atoms with Gasteiger partial charge in [0.15, 0.2) is 0 Å². The second-order valence-electron chi connectivity index (χ2n) is 33.5. The molecular formula is C111H66N6S5. The Kier molecular flexibility index (Phi) is 13.9. The van der Waals surface area contributed by atoms with Crippen molar-refractivity contribution >= 4 is 288 Å². The Morgan fingerprint density at radius 3 is 1.00 bits per heavy atom. The molecule has 0 saturated heterocycles. The molecule has 122 heavy (non-hydrogen) atoms. The van der Waals surface area contributed by atoms with Crippen molar-refractivity contribution in [2.45, 2.75) is 19.3 Å². The molecule has 0 saturated carbocycles. The average molecular weight is 1640 g/mol. The smallest absolute Gasteiger partial charge is 0.0646 e. The van der Waals surface area contributed by atoms with E-state index in [1.54, 1.807) is 0 Å². The van der Waals surface area contributed by atoms with Crippen molar-refractivity contribution in [1.29, 1.82) is 0 Å². The molecule has 30 rings (SSSR count). The van der Waals surface area contributed by atoms with E-state index in [9.17, 15) is 0 Å². The molecule has 11 aromatic heterocycles. The number of aromatic nitrogens is 6. The molecule has 6 nitrogen and oxygen atoms in total. The third-order valence-corrected chi connectivity index (χ3v) is 32.6. The molecule has 3 N–H and O–H groups in total. The zero-order valence-corrected chi connectivity index (χ0v) is 69.9. The Morgan fingerprint density at radius 2 is 0.516 bits per heavy atom. The van der Waals surface area contributed by atoms with Crippen molar-refractivity contribution in [3.63, 3.8) is 0 Å². The molecule has 1 aliphatic carbocycles. The van der Waals surface area contributed by atoms with Crippen molar-refractivity contribution in [2.24, 2.45) is 0 Å². The minimum absolute atomic E-state index is 0.0373. The van der Waals surface area contributed by atoms with Crippen molar-refractivity contribution < 1.29 is 0 Å². The molecule has 11 heteroatoms. The molecular weight excluding hydrogens is 1580 g/mol. The molecule has 18 aromatic carbocycles. The van der Waals surface area contributed by atoms with Crippen molar-refractivity contribution in [2.75, 3.05) is 0 Å². The Labute approximate surface area is 715 Å². The van der Waals surface area contributed by atoms with Gasteiger partial charge in [-0.1, -0.05) is 232 Å². The second kappa shape index (κ2) is 25.0. The number of aromatic amines is 3. The summed E-state index contributed by atoms with van der Waals surface area (Å²) in [6, 6.07) is 128. The number of fused-ring (bicyclic) bond motifs is 39. The Morgan fingerprint density at radius 1 is 0.197 bits per heavy atom. The fourth-order valence-corrected chi connectivity index (χ4v) is 27.1. The van der Waals surface area contributed by atoms with E-state index in [4.69, 9.17) is 0 Å². The second-order valence-corrected chi connectivity index (χ2v) is 38.8. The van der Waals surface area contributed by atoms with Gasteiger partial charge in [0.25, 0.3) is 0 Å². The van der Waals surface area contributed by atoms with Gasteiger partial charge in [-0.25, -0.2) is 0 Å². The van der Waals surface area contributed by atoms with Gasteiger partial charge in [0.2, 0.25) is 0 Å². The number of thiophene rings is 5. The highest BCUT2D eigenvalue weighted by molar-refractivity contribution is 7.28. The number of benzene rings is 18. The van der Waals surface area contributed by atoms with E-state index in [1.165, 1.54) is 271 Å². The Hall–Kier alpha value is -14.1. The van der Waals surface area contributed by atoms with Crippen LogP contribution in [-0.2, 0) is 5.41 Å². The molecule has 0 atom stereocenters. The number of rotatable bonds is 3. The fourth-order valence-electron chi connectivity index (χ4n) is 21.2. The number of para-hydroxylation sites is 6. The highest BCUT2D eigenvalue weighted by atomic mass is 32.1. The lowest BCUT2D eigenvalue weighted by atomic mass is 9.82. The first kappa shape index (κ1) is 67.7. The van der Waals surface area contributed by atoms with Crippen LogP contribution in [0.4, 0.5) is 0 Å². The molecule has 0 spiro atoms. The first-order valence-electron chi connectivity index (χ1n) is 41.7. The number of H-pyrrole nitrogens is 3. The molecule has 29 aromatic rings. The average Bonchev–Trinajstić information content (AvgIpc) is 1.56. The van der Waals surface area contributed by atoms with Crippen molar-refractivity contribution in [3.8, 4) is 28.2 Å². The van der Waals surface area contributed by atoms with E-state index >= 15 is 0 Å². The summed E-state index contributed by atoms with van der Waals surface area (Å²) >= 11 is 9.45. The van der Waals surface area contributed by atoms with Gasteiger partial charge in [-0.05, 0) is 150 Å². The summed E-state index contributed by atoms with van der Waals surface area (Å²) in [4.78, 5) is 11.2. The number of nitrogens with one attached hydrogen (secondary N) is 3. The van der Waals surface area contributed by atoms with Gasteiger partial charge in [0.1, 0.15) is 0 Å². The van der Waals surface area contributed by atoms with Gasteiger partial charge in [-0.15, -0.1) is 56.7 Å². The highest BCUT2D eigenvalue weighted by Crippen LogP contribution is 2.53. The SMILES string of the molecule is CC1(C)c2ccccc2-c2ccc(-n3c4ccccc4c4cc5c(cc43)sc3c5ccc4c5ccccc5[nH]c43)cc21.c1ccc2c(c1)[nH]c1c2ccc2c3cc4c5ccccc5n(-c5ccc6c(c5)sc5ccccc56)c4cc3sc21.c1ccc2c(c1)[nH]c1c2ccc2c3cc4c5ccccc5n(-c5ccc6sc7ccccc7c6c5)c4cc3sc21. The van der Waals surface area contributed by atoms with Crippen LogP contribution in [0.15, 0.2) is 346 Å². The largest absolute Gasteiger partial charge is 0.353 e. The van der Waals surface area contributed by atoms with Crippen LogP contribution in [-0.4, -0.2) is 28.7 Å². The third kappa shape index (κ3) is 9.46. The van der Waals surface area contributed by atoms with E-state index < -0.39 is 0 Å². The molecule has 570 valence electrons. The highest BCUT2D eigenvalue weighted by Gasteiger charge is 2.36. The summed E-state index contributed by atoms with van der Waals surface area (Å²) in [7, 11) is 0. The summed E-state index contributed by atoms with van der Waals surface area (Å²) in [6.07, 6.45) is 0. The molecule has 0 aliphatic heterocycles. The van der Waals surface area contributed by atoms with Crippen LogP contribution in [0.2, 0.25) is 0 Å². The van der Waals surface area contributed by atoms with Crippen LogP contribution in [0, 0.1) is 0 Å². The van der Waals surface area contributed by atoms with Gasteiger partial charge in [0.05, 0.1) is 63.8 Å². The normalized spacial score (nSPS) is 13.1. The van der Waals surface area contributed by atoms with E-state index in [-0.39, 0.29) is 5.41 Å². The van der Waals surface area contributed by atoms with Crippen LogP contribution in [0.3, 0.4) is 0 Å². The summed E-state index contributed by atoms with van der Waals surface area (Å²) in [5, 5.41) is 28.8. The Bertz CT molecular complexity index is 9680. The van der Waals surface area contributed by atoms with Gasteiger partial charge in [0, 0.05) is 190 Å². The first-order valence-corrected chi connectivity index (χ1v) is 45.7. The lowest BCUT2D eigenvalue weighted by Gasteiger charge is -2.22. The molecule has 11 heterocycles. The van der Waals surface area contributed by atoms with E-state index in [2.05, 4.69) is 388 Å². The van der Waals surface area contributed by atoms with Gasteiger partial charge < -0.3 is 28.7 Å². The first-order chi connectivity index (χ1) is 60.2. The third-order valence-electron chi connectivity index (χ3n) is 26.8. The van der Waals surface area contributed by atoms with E-state index in [1.807, 2.05) is 56.7 Å². The molecule has 0 fully saturated rings. The van der Waals surface area contributed by atoms with Gasteiger partial charge in [-0.3, -0.25) is 0 Å². The minimum Gasteiger partial charge on any atom is -0.353 e. The maximum Gasteiger partial charge on any atom is 0.0646 e. The summed E-state index contributed by atoms with van der Waals surface area (Å²) in [5.74, 6) is 0. The van der Waals surface area contributed by atoms with Crippen LogP contribution < -0.4 is 0 Å². The van der Waals surface area contributed by atoms with Crippen LogP contribution in [0.25, 0.3) is 260 Å². The molecule has 0 bridgehead atoms. The zero-order chi connectivity index (χ0) is 79.6. The Balaban J connectivity index is 0.0000000942. The minimum atomic E-state index is -0.0373. The van der Waals surface area contributed by atoms with Crippen LogP contribution >= 0.6 is 56.7 Å². The van der Waals surface area contributed by atoms with Crippen molar-refractivity contribution in [3.05, 3.63) is 357 Å². The lowest BCUT2D eigenvalue weighted by molar-refractivity contribution is 0.660. The van der Waals surface area contributed by atoms with E-state index in [0.717, 1.165) is 0 Å². The number of hydrogen-bond donors (Lipinski definition) is 3. The maximum absolute atomic E-state index is 3.73. The zero-order valence-electron chi connectivity index (χ0n) is 65.8. The standard InChI is InChI=1S/C39H26N2S.2C36H20N2S2/c1-39(2)31-12-6-3-9-23(31)24-16-15-22(19-32(24)39)41-34-14-8-5-11-26(34)29-20-30-28-18-17-27-25-10-4-7-13-33(25)40-37(27)38(28)42-36(30)21-35(29)41;1-4-10-29-21(7-1)24-14-15-25-28-18-26-22-8-2-5-11-30(22)38(31(26)19-34(28)40-36(25)35(24)37-29)20-13-16-33-27(17-20)23-9-3-6-12-32(23)39-33;1-4-10-29-21(7-1)25-15-16-26-28-18-27-22-8-2-5-11-30(22)38(31(27)19-34(28)40-36(26)35(25)37-29)20-13-14-24-23-9-3-6-12-32(23)39-33(24)17-20/h3-21,40H,1-2H3;2*1-19,37H. The van der Waals surface area contributed by atoms with E-state index in [0.29, 0.717) is 0 Å². The van der Waals surface area contributed by atoms with Crippen LogP contribution in [0.5, 0.6) is 0 Å². The lowest BCUT2D eigenvalue weighted by Crippen LogP contribution is -2.15. The quantitative estimate of drug-likeness (QED) is 0.158. The predicted octanol–water partition coefficient (Wildman–Crippen LogP) is 33.4. The predicted molar refractivity (Wildman–Crippen MR) is 532 cm³/mol. The topological polar surface area (TPSA) is 62.2 Å². The van der Waals surface area contributed by atoms with Gasteiger partial charge in [-0.2, -0.15) is 0 Å². The molecule has 1 aliphatic rings. The number of hydrogen-bond acceptors (Lipinski definition) is 5. The summed E-state index contributed by atoms with van der Waals surface area (Å²) in [6.45, 7) is 4.72. The van der Waals surface area contributed by atoms with Crippen molar-refractivity contribution in [1.82, 2.24) is 28.7 Å². The molecule has 0 amide bonds. The summed E-state index contributed by atoms with van der Waals surface area (Å²) in [5.41, 5.74) is 24.0.